The molecule has 28 heavy (non-hydrogen) atoms. The number of benzene rings is 2. The molecule has 0 fully saturated rings. The minimum atomic E-state index is -0.0881. The fraction of sp³-hybridized carbons (Fsp3) is 0.227. The van der Waals surface area contributed by atoms with Gasteiger partial charge in [-0.2, -0.15) is 0 Å². The maximum Gasteiger partial charge on any atom is 0.251 e. The third-order valence-corrected chi connectivity index (χ3v) is 4.16. The number of carbonyl (C=O) groups is 1. The van der Waals surface area contributed by atoms with E-state index in [1.807, 2.05) is 42.5 Å². The molecule has 0 aliphatic heterocycles. The Labute approximate surface area is 164 Å². The lowest BCUT2D eigenvalue weighted by Crippen LogP contribution is -2.24. The molecule has 0 atom stereocenters. The van der Waals surface area contributed by atoms with Crippen molar-refractivity contribution in [3.8, 4) is 28.6 Å². The predicted octanol–water partition coefficient (Wildman–Crippen LogP) is 4.47. The number of unbranched alkanes of at least 4 members (excludes halogenated alkanes) is 1. The lowest BCUT2D eigenvalue weighted by molar-refractivity contribution is 0.0953. The number of amides is 1. The standard InChI is InChI=1S/C22H23N3O3/c1-3-4-12-23-22(26)17-9-7-8-16(13-17)18-14-21(25-15-24-18)28-20-11-6-5-10-19(20)27-2/h5-11,13-15H,3-4,12H2,1-2H3,(H,23,26). The van der Waals surface area contributed by atoms with Gasteiger partial charge < -0.3 is 14.8 Å². The molecular formula is C22H23N3O3. The molecule has 0 aliphatic rings. The van der Waals surface area contributed by atoms with E-state index in [2.05, 4.69) is 22.2 Å². The van der Waals surface area contributed by atoms with Gasteiger partial charge in [0.25, 0.3) is 5.91 Å². The van der Waals surface area contributed by atoms with Gasteiger partial charge in [0.05, 0.1) is 12.8 Å². The summed E-state index contributed by atoms with van der Waals surface area (Å²) in [5.74, 6) is 1.49. The first-order valence-electron chi connectivity index (χ1n) is 9.23. The molecule has 0 aliphatic carbocycles. The van der Waals surface area contributed by atoms with Crippen molar-refractivity contribution in [2.24, 2.45) is 0 Å². The van der Waals surface area contributed by atoms with Crippen molar-refractivity contribution in [1.82, 2.24) is 15.3 Å². The zero-order chi connectivity index (χ0) is 19.8. The molecule has 0 saturated carbocycles. The Bertz CT molecular complexity index is 944. The van der Waals surface area contributed by atoms with Crippen molar-refractivity contribution in [1.29, 1.82) is 0 Å². The van der Waals surface area contributed by atoms with Crippen molar-refractivity contribution in [3.63, 3.8) is 0 Å². The predicted molar refractivity (Wildman–Crippen MR) is 108 cm³/mol. The second kappa shape index (κ2) is 9.50. The summed E-state index contributed by atoms with van der Waals surface area (Å²) in [5.41, 5.74) is 2.08. The van der Waals surface area contributed by atoms with E-state index in [0.29, 0.717) is 35.2 Å². The molecule has 0 unspecified atom stereocenters. The van der Waals surface area contributed by atoms with E-state index >= 15 is 0 Å². The quantitative estimate of drug-likeness (QED) is 0.586. The molecule has 1 N–H and O–H groups in total. The Morgan fingerprint density at radius 1 is 1.04 bits per heavy atom. The number of para-hydroxylation sites is 2. The van der Waals surface area contributed by atoms with E-state index in [0.717, 1.165) is 18.4 Å². The van der Waals surface area contributed by atoms with E-state index in [1.54, 1.807) is 19.2 Å². The topological polar surface area (TPSA) is 73.3 Å². The number of hydrogen-bond donors (Lipinski definition) is 1. The molecule has 3 aromatic rings. The smallest absolute Gasteiger partial charge is 0.251 e. The third-order valence-electron chi connectivity index (χ3n) is 4.16. The molecule has 1 amide bonds. The lowest BCUT2D eigenvalue weighted by atomic mass is 10.1. The first-order chi connectivity index (χ1) is 13.7. The normalized spacial score (nSPS) is 10.4. The number of methoxy groups -OCH3 is 1. The lowest BCUT2D eigenvalue weighted by Gasteiger charge is -2.10. The summed E-state index contributed by atoms with van der Waals surface area (Å²) in [6.07, 6.45) is 3.44. The molecule has 144 valence electrons. The van der Waals surface area contributed by atoms with Gasteiger partial charge in [0.15, 0.2) is 11.5 Å². The fourth-order valence-corrected chi connectivity index (χ4v) is 2.67. The summed E-state index contributed by atoms with van der Waals surface area (Å²) in [7, 11) is 1.59. The first-order valence-corrected chi connectivity index (χ1v) is 9.23. The molecule has 0 radical (unpaired) electrons. The Balaban J connectivity index is 1.80. The van der Waals surface area contributed by atoms with Gasteiger partial charge in [-0.15, -0.1) is 0 Å². The largest absolute Gasteiger partial charge is 0.493 e. The summed E-state index contributed by atoms with van der Waals surface area (Å²) in [6, 6.07) is 16.4. The minimum Gasteiger partial charge on any atom is -0.493 e. The van der Waals surface area contributed by atoms with Crippen LogP contribution in [-0.2, 0) is 0 Å². The van der Waals surface area contributed by atoms with Crippen molar-refractivity contribution in [3.05, 3.63) is 66.5 Å². The average Bonchev–Trinajstić information content (AvgIpc) is 2.74. The molecule has 2 aromatic carbocycles. The van der Waals surface area contributed by atoms with Gasteiger partial charge >= 0.3 is 0 Å². The number of nitrogens with one attached hydrogen (secondary N) is 1. The summed E-state index contributed by atoms with van der Waals surface area (Å²) in [4.78, 5) is 20.8. The highest BCUT2D eigenvalue weighted by molar-refractivity contribution is 5.95. The summed E-state index contributed by atoms with van der Waals surface area (Å²) in [5, 5.41) is 2.92. The van der Waals surface area contributed by atoms with E-state index in [4.69, 9.17) is 9.47 Å². The number of rotatable bonds is 8. The summed E-state index contributed by atoms with van der Waals surface area (Å²) in [6.45, 7) is 2.76. The highest BCUT2D eigenvalue weighted by Crippen LogP contribution is 2.31. The van der Waals surface area contributed by atoms with Crippen LogP contribution < -0.4 is 14.8 Å². The maximum absolute atomic E-state index is 12.3. The average molecular weight is 377 g/mol. The third kappa shape index (κ3) is 4.85. The zero-order valence-electron chi connectivity index (χ0n) is 16.0. The van der Waals surface area contributed by atoms with E-state index in [1.165, 1.54) is 6.33 Å². The van der Waals surface area contributed by atoms with Gasteiger partial charge in [0.1, 0.15) is 6.33 Å². The number of ether oxygens (including phenoxy) is 2. The van der Waals surface area contributed by atoms with Gasteiger partial charge in [-0.05, 0) is 30.7 Å². The molecule has 0 bridgehead atoms. The molecule has 6 heteroatoms. The van der Waals surface area contributed by atoms with Gasteiger partial charge in [0.2, 0.25) is 5.88 Å². The second-order valence-electron chi connectivity index (χ2n) is 6.18. The van der Waals surface area contributed by atoms with Crippen molar-refractivity contribution in [2.75, 3.05) is 13.7 Å². The Hall–Kier alpha value is -3.41. The van der Waals surface area contributed by atoms with Crippen LogP contribution in [0.15, 0.2) is 60.9 Å². The van der Waals surface area contributed by atoms with Gasteiger partial charge in [-0.3, -0.25) is 4.79 Å². The van der Waals surface area contributed by atoms with E-state index in [-0.39, 0.29) is 5.91 Å². The van der Waals surface area contributed by atoms with E-state index in [9.17, 15) is 4.79 Å². The highest BCUT2D eigenvalue weighted by atomic mass is 16.5. The van der Waals surface area contributed by atoms with Crippen LogP contribution in [0.4, 0.5) is 0 Å². The van der Waals surface area contributed by atoms with Crippen LogP contribution in [0.3, 0.4) is 0 Å². The van der Waals surface area contributed by atoms with Crippen LogP contribution in [0, 0.1) is 0 Å². The van der Waals surface area contributed by atoms with Crippen LogP contribution in [-0.4, -0.2) is 29.5 Å². The molecule has 0 saturated heterocycles. The van der Waals surface area contributed by atoms with Crippen LogP contribution >= 0.6 is 0 Å². The Kier molecular flexibility index (Phi) is 6.57. The highest BCUT2D eigenvalue weighted by Gasteiger charge is 2.10. The van der Waals surface area contributed by atoms with Gasteiger partial charge in [-0.25, -0.2) is 9.97 Å². The molecule has 1 heterocycles. The number of aromatic nitrogens is 2. The van der Waals surface area contributed by atoms with E-state index < -0.39 is 0 Å². The molecule has 1 aromatic heterocycles. The molecule has 6 nitrogen and oxygen atoms in total. The minimum absolute atomic E-state index is 0.0881. The number of nitrogens with zero attached hydrogens (tertiary/aromatic N) is 2. The number of hydrogen-bond acceptors (Lipinski definition) is 5. The summed E-state index contributed by atoms with van der Waals surface area (Å²) >= 11 is 0. The molecule has 0 spiro atoms. The van der Waals surface area contributed by atoms with Crippen LogP contribution in [0.1, 0.15) is 30.1 Å². The van der Waals surface area contributed by atoms with Crippen molar-refractivity contribution < 1.29 is 14.3 Å². The van der Waals surface area contributed by atoms with Crippen LogP contribution in [0.25, 0.3) is 11.3 Å². The van der Waals surface area contributed by atoms with Crippen molar-refractivity contribution >= 4 is 5.91 Å². The van der Waals surface area contributed by atoms with Gasteiger partial charge in [-0.1, -0.05) is 37.6 Å². The zero-order valence-corrected chi connectivity index (χ0v) is 16.0. The fourth-order valence-electron chi connectivity index (χ4n) is 2.67. The monoisotopic (exact) mass is 377 g/mol. The first kappa shape index (κ1) is 19.4. The number of carbonyl (C=O) groups excluding carboxylic acids is 1. The molecular weight excluding hydrogens is 354 g/mol. The summed E-state index contributed by atoms with van der Waals surface area (Å²) < 4.78 is 11.2. The van der Waals surface area contributed by atoms with Gasteiger partial charge in [0, 0.05) is 23.7 Å². The van der Waals surface area contributed by atoms with Crippen molar-refractivity contribution in [2.45, 2.75) is 19.8 Å². The van der Waals surface area contributed by atoms with Crippen LogP contribution in [0.2, 0.25) is 0 Å². The SMILES string of the molecule is CCCCNC(=O)c1cccc(-c2cc(Oc3ccccc3OC)ncn2)c1. The second-order valence-corrected chi connectivity index (χ2v) is 6.18. The molecule has 3 rings (SSSR count). The van der Waals surface area contributed by atoms with Crippen LogP contribution in [0.5, 0.6) is 17.4 Å². The maximum atomic E-state index is 12.3. The Morgan fingerprint density at radius 2 is 1.86 bits per heavy atom. The Morgan fingerprint density at radius 3 is 2.64 bits per heavy atom.